The van der Waals surface area contributed by atoms with E-state index in [-0.39, 0.29) is 11.2 Å². The molecule has 4 rings (SSSR count). The molecule has 3 aromatic rings. The molecule has 1 fully saturated rings. The summed E-state index contributed by atoms with van der Waals surface area (Å²) in [7, 11) is 0. The van der Waals surface area contributed by atoms with Crippen molar-refractivity contribution in [2.24, 2.45) is 0 Å². The molecule has 0 saturated heterocycles. The fourth-order valence-electron chi connectivity index (χ4n) is 3.16. The van der Waals surface area contributed by atoms with Gasteiger partial charge in [0.05, 0.1) is 5.75 Å². The lowest BCUT2D eigenvalue weighted by Gasteiger charge is -2.18. The summed E-state index contributed by atoms with van der Waals surface area (Å²) in [6.07, 6.45) is 3.15. The zero-order chi connectivity index (χ0) is 19.7. The maximum atomic E-state index is 12.7. The van der Waals surface area contributed by atoms with E-state index in [1.807, 2.05) is 12.1 Å². The first-order valence-corrected chi connectivity index (χ1v) is 11.5. The average Bonchev–Trinajstić information content (AvgIpc) is 3.22. The third kappa shape index (κ3) is 4.39. The summed E-state index contributed by atoms with van der Waals surface area (Å²) in [4.78, 5) is 14.0. The Bertz CT molecular complexity index is 949. The molecule has 6 heteroatoms. The molecule has 0 aliphatic heterocycles. The third-order valence-corrected chi connectivity index (χ3v) is 6.78. The lowest BCUT2D eigenvalue weighted by Crippen LogP contribution is -2.11. The van der Waals surface area contributed by atoms with Gasteiger partial charge in [-0.15, -0.1) is 21.5 Å². The van der Waals surface area contributed by atoms with Crippen LogP contribution in [0.4, 0.5) is 0 Å². The SMILES string of the molecule is CC(C)(C)c1ccc(C(=O)CSc2nnc(Cc3cccs3)n2C2CC2)cc1. The summed E-state index contributed by atoms with van der Waals surface area (Å²) in [5, 5.41) is 11.8. The normalized spacial score (nSPS) is 14.4. The Balaban J connectivity index is 1.44. The van der Waals surface area contributed by atoms with Crippen LogP contribution in [0.3, 0.4) is 0 Å². The average molecular weight is 412 g/mol. The van der Waals surface area contributed by atoms with Gasteiger partial charge in [0.15, 0.2) is 10.9 Å². The number of ketones is 1. The van der Waals surface area contributed by atoms with Crippen LogP contribution in [0, 0.1) is 0 Å². The number of carbonyl (C=O) groups is 1. The smallest absolute Gasteiger partial charge is 0.191 e. The number of rotatable bonds is 7. The Morgan fingerprint density at radius 1 is 1.18 bits per heavy atom. The molecule has 1 aromatic carbocycles. The van der Waals surface area contributed by atoms with E-state index in [9.17, 15) is 4.79 Å². The summed E-state index contributed by atoms with van der Waals surface area (Å²) in [5.41, 5.74) is 2.09. The molecular formula is C22H25N3OS2. The van der Waals surface area contributed by atoms with Crippen molar-refractivity contribution in [2.75, 3.05) is 5.75 Å². The largest absolute Gasteiger partial charge is 0.303 e. The van der Waals surface area contributed by atoms with Gasteiger partial charge in [-0.2, -0.15) is 0 Å². The summed E-state index contributed by atoms with van der Waals surface area (Å²) >= 11 is 3.25. The molecule has 2 heterocycles. The van der Waals surface area contributed by atoms with Crippen molar-refractivity contribution in [3.8, 4) is 0 Å². The highest BCUT2D eigenvalue weighted by Gasteiger charge is 2.30. The van der Waals surface area contributed by atoms with Crippen molar-refractivity contribution in [3.63, 3.8) is 0 Å². The number of nitrogens with zero attached hydrogens (tertiary/aromatic N) is 3. The van der Waals surface area contributed by atoms with Crippen LogP contribution in [-0.4, -0.2) is 26.3 Å². The Kier molecular flexibility index (Phi) is 5.43. The first-order chi connectivity index (χ1) is 13.4. The molecule has 4 nitrogen and oxygen atoms in total. The number of carbonyl (C=O) groups excluding carboxylic acids is 1. The maximum absolute atomic E-state index is 12.7. The van der Waals surface area contributed by atoms with Gasteiger partial charge in [0.2, 0.25) is 0 Å². The first-order valence-electron chi connectivity index (χ1n) is 9.64. The molecular weight excluding hydrogens is 386 g/mol. The van der Waals surface area contributed by atoms with Gasteiger partial charge in [-0.1, -0.05) is 62.9 Å². The predicted molar refractivity (Wildman–Crippen MR) is 116 cm³/mol. The number of thiophene rings is 1. The summed E-state index contributed by atoms with van der Waals surface area (Å²) < 4.78 is 2.25. The topological polar surface area (TPSA) is 47.8 Å². The predicted octanol–water partition coefficient (Wildman–Crippen LogP) is 5.54. The molecule has 0 unspecified atom stereocenters. The van der Waals surface area contributed by atoms with Gasteiger partial charge >= 0.3 is 0 Å². The van der Waals surface area contributed by atoms with E-state index >= 15 is 0 Å². The van der Waals surface area contributed by atoms with Crippen LogP contribution in [0.1, 0.15) is 66.3 Å². The molecule has 1 aliphatic carbocycles. The number of thioether (sulfide) groups is 1. The van der Waals surface area contributed by atoms with Crippen LogP contribution in [0.25, 0.3) is 0 Å². The molecule has 0 spiro atoms. The number of hydrogen-bond donors (Lipinski definition) is 0. The number of aromatic nitrogens is 3. The molecule has 0 N–H and O–H groups in total. The van der Waals surface area contributed by atoms with E-state index in [0.717, 1.165) is 23.0 Å². The van der Waals surface area contributed by atoms with Gasteiger partial charge in [-0.05, 0) is 35.3 Å². The van der Waals surface area contributed by atoms with E-state index in [2.05, 4.69) is 65.2 Å². The zero-order valence-corrected chi connectivity index (χ0v) is 18.1. The molecule has 146 valence electrons. The zero-order valence-electron chi connectivity index (χ0n) is 16.5. The molecule has 1 saturated carbocycles. The van der Waals surface area contributed by atoms with Gasteiger partial charge in [-0.25, -0.2) is 0 Å². The van der Waals surface area contributed by atoms with E-state index in [4.69, 9.17) is 0 Å². The lowest BCUT2D eigenvalue weighted by molar-refractivity contribution is 0.102. The van der Waals surface area contributed by atoms with Crippen LogP contribution in [0.15, 0.2) is 46.9 Å². The summed E-state index contributed by atoms with van der Waals surface area (Å²) in [6, 6.07) is 12.7. The van der Waals surface area contributed by atoms with Gasteiger partial charge in [0, 0.05) is 22.9 Å². The minimum absolute atomic E-state index is 0.0932. The highest BCUT2D eigenvalue weighted by molar-refractivity contribution is 7.99. The van der Waals surface area contributed by atoms with Crippen molar-refractivity contribution in [1.29, 1.82) is 0 Å². The van der Waals surface area contributed by atoms with E-state index in [0.29, 0.717) is 11.8 Å². The van der Waals surface area contributed by atoms with Crippen LogP contribution >= 0.6 is 23.1 Å². The molecule has 0 radical (unpaired) electrons. The van der Waals surface area contributed by atoms with Crippen LogP contribution < -0.4 is 0 Å². The van der Waals surface area contributed by atoms with E-state index in [1.54, 1.807) is 11.3 Å². The summed E-state index contributed by atoms with van der Waals surface area (Å²) in [6.45, 7) is 6.54. The van der Waals surface area contributed by atoms with Gasteiger partial charge < -0.3 is 4.57 Å². The molecule has 28 heavy (non-hydrogen) atoms. The first kappa shape index (κ1) is 19.4. The van der Waals surface area contributed by atoms with Crippen molar-refractivity contribution < 1.29 is 4.79 Å². The molecule has 0 amide bonds. The fourth-order valence-corrected chi connectivity index (χ4v) is 4.78. The van der Waals surface area contributed by atoms with Gasteiger partial charge in [0.1, 0.15) is 5.82 Å². The van der Waals surface area contributed by atoms with Gasteiger partial charge in [-0.3, -0.25) is 4.79 Å². The molecule has 2 aromatic heterocycles. The van der Waals surface area contributed by atoms with Crippen molar-refractivity contribution >= 4 is 28.9 Å². The Hall–Kier alpha value is -1.92. The number of benzene rings is 1. The van der Waals surface area contributed by atoms with Crippen molar-refractivity contribution in [3.05, 3.63) is 63.6 Å². The van der Waals surface area contributed by atoms with Crippen LogP contribution in [0.5, 0.6) is 0 Å². The maximum Gasteiger partial charge on any atom is 0.191 e. The van der Waals surface area contributed by atoms with Crippen LogP contribution in [0.2, 0.25) is 0 Å². The third-order valence-electron chi connectivity index (χ3n) is 4.96. The highest BCUT2D eigenvalue weighted by atomic mass is 32.2. The second kappa shape index (κ2) is 7.84. The second-order valence-corrected chi connectivity index (χ2v) is 10.3. The van der Waals surface area contributed by atoms with E-state index < -0.39 is 0 Å². The number of Topliss-reactive ketones (excluding diaryl/α,β-unsaturated/α-hetero) is 1. The minimum Gasteiger partial charge on any atom is -0.303 e. The van der Waals surface area contributed by atoms with Crippen molar-refractivity contribution in [2.45, 2.75) is 56.6 Å². The fraction of sp³-hybridized carbons (Fsp3) is 0.409. The Labute approximate surface area is 174 Å². The standard InChI is InChI=1S/C22H25N3OS2/c1-22(2,3)16-8-6-15(7-9-16)19(26)14-28-21-24-23-20(25(21)17-10-11-17)13-18-5-4-12-27-18/h4-9,12,17H,10-11,13-14H2,1-3H3. The molecule has 1 aliphatic rings. The van der Waals surface area contributed by atoms with Gasteiger partial charge in [0.25, 0.3) is 0 Å². The number of hydrogen-bond acceptors (Lipinski definition) is 5. The van der Waals surface area contributed by atoms with E-state index in [1.165, 1.54) is 35.0 Å². The summed E-state index contributed by atoms with van der Waals surface area (Å²) in [5.74, 6) is 1.53. The molecule has 0 atom stereocenters. The second-order valence-electron chi connectivity index (χ2n) is 8.30. The highest BCUT2D eigenvalue weighted by Crippen LogP contribution is 2.39. The monoisotopic (exact) mass is 411 g/mol. The minimum atomic E-state index is 0.0932. The van der Waals surface area contributed by atoms with Crippen LogP contribution in [-0.2, 0) is 11.8 Å². The quantitative estimate of drug-likeness (QED) is 0.378. The Morgan fingerprint density at radius 3 is 2.54 bits per heavy atom. The molecule has 0 bridgehead atoms. The Morgan fingerprint density at radius 2 is 1.93 bits per heavy atom. The lowest BCUT2D eigenvalue weighted by atomic mass is 9.86. The van der Waals surface area contributed by atoms with Crippen molar-refractivity contribution in [1.82, 2.24) is 14.8 Å².